The van der Waals surface area contributed by atoms with Crippen LogP contribution in [0.2, 0.25) is 5.02 Å². The van der Waals surface area contributed by atoms with E-state index in [1.54, 1.807) is 18.1 Å². The summed E-state index contributed by atoms with van der Waals surface area (Å²) < 4.78 is 16.1. The van der Waals surface area contributed by atoms with Gasteiger partial charge in [-0.25, -0.2) is 4.99 Å². The summed E-state index contributed by atoms with van der Waals surface area (Å²) in [6, 6.07) is 11.0. The van der Waals surface area contributed by atoms with Crippen molar-refractivity contribution in [3.05, 3.63) is 47.0 Å². The van der Waals surface area contributed by atoms with E-state index < -0.39 is 0 Å². The second kappa shape index (κ2) is 10.5. The number of hydrogen-bond acceptors (Lipinski definition) is 6. The number of thioether (sulfide) groups is 1. The maximum Gasteiger partial charge on any atom is 0.242 e. The molecule has 1 atom stereocenters. The van der Waals surface area contributed by atoms with Crippen molar-refractivity contribution in [3.8, 4) is 29.6 Å². The number of nitrogens with zero attached hydrogens (tertiary/aromatic N) is 2. The number of hydrogen-bond donors (Lipinski definition) is 0. The molecule has 1 aliphatic rings. The summed E-state index contributed by atoms with van der Waals surface area (Å²) >= 11 is 7.82. The number of rotatable bonds is 8. The van der Waals surface area contributed by atoms with E-state index in [2.05, 4.69) is 10.9 Å². The first-order valence-electron chi connectivity index (χ1n) is 9.64. The smallest absolute Gasteiger partial charge is 0.242 e. The summed E-state index contributed by atoms with van der Waals surface area (Å²) in [5, 5.41) is 0.754. The molecule has 0 N–H and O–H groups in total. The van der Waals surface area contributed by atoms with Crippen LogP contribution in [0.4, 0.5) is 5.69 Å². The molecule has 2 aromatic rings. The Labute approximate surface area is 191 Å². The van der Waals surface area contributed by atoms with Gasteiger partial charge < -0.3 is 14.2 Å². The third kappa shape index (κ3) is 5.27. The molecule has 31 heavy (non-hydrogen) atoms. The first-order chi connectivity index (χ1) is 15.0. The molecule has 1 heterocycles. The lowest BCUT2D eigenvalue weighted by Crippen LogP contribution is -2.32. The molecule has 162 valence electrons. The third-order valence-electron chi connectivity index (χ3n) is 4.64. The molecule has 6 nitrogen and oxygen atoms in total. The van der Waals surface area contributed by atoms with E-state index in [1.807, 2.05) is 37.3 Å². The number of aliphatic imine (C=N–C) groups is 1. The highest BCUT2D eigenvalue weighted by Crippen LogP contribution is 2.38. The molecule has 2 aromatic carbocycles. The number of benzene rings is 2. The summed E-state index contributed by atoms with van der Waals surface area (Å²) in [5.41, 5.74) is 1.62. The van der Waals surface area contributed by atoms with Crippen LogP contribution < -0.4 is 14.2 Å². The second-order valence-electron chi connectivity index (χ2n) is 6.59. The maximum atomic E-state index is 13.0. The quantitative estimate of drug-likeness (QED) is 0.542. The Bertz CT molecular complexity index is 1020. The minimum atomic E-state index is -0.310. The SMILES string of the molecule is C#CCOc1c(Cl)cc(C[C@H]2SC(=Nc3ccc(OC)cc3)N(CC)C2=O)cc1OC. The molecule has 0 saturated carbocycles. The van der Waals surface area contributed by atoms with Crippen molar-refractivity contribution in [3.63, 3.8) is 0 Å². The molecular formula is C23H23ClN2O4S. The molecular weight excluding hydrogens is 436 g/mol. The van der Waals surface area contributed by atoms with E-state index in [9.17, 15) is 4.79 Å². The number of carbonyl (C=O) groups excluding carboxylic acids is 1. The zero-order valence-electron chi connectivity index (χ0n) is 17.6. The predicted octanol–water partition coefficient (Wildman–Crippen LogP) is 4.56. The maximum absolute atomic E-state index is 13.0. The Morgan fingerprint density at radius 1 is 1.23 bits per heavy atom. The molecule has 0 spiro atoms. The van der Waals surface area contributed by atoms with Gasteiger partial charge in [0.05, 0.1) is 30.2 Å². The molecule has 1 fully saturated rings. The van der Waals surface area contributed by atoms with Gasteiger partial charge in [0.15, 0.2) is 16.7 Å². The van der Waals surface area contributed by atoms with Gasteiger partial charge in [-0.3, -0.25) is 9.69 Å². The van der Waals surface area contributed by atoms with Crippen molar-refractivity contribution in [2.24, 2.45) is 4.99 Å². The lowest BCUT2D eigenvalue weighted by Gasteiger charge is -2.15. The highest BCUT2D eigenvalue weighted by atomic mass is 35.5. The minimum Gasteiger partial charge on any atom is -0.497 e. The molecule has 0 radical (unpaired) electrons. The van der Waals surface area contributed by atoms with E-state index in [0.29, 0.717) is 34.7 Å². The monoisotopic (exact) mass is 458 g/mol. The highest BCUT2D eigenvalue weighted by molar-refractivity contribution is 8.15. The van der Waals surface area contributed by atoms with Gasteiger partial charge in [0, 0.05) is 6.54 Å². The van der Waals surface area contributed by atoms with Gasteiger partial charge in [0.2, 0.25) is 5.91 Å². The zero-order chi connectivity index (χ0) is 22.4. The number of amidine groups is 1. The van der Waals surface area contributed by atoms with E-state index >= 15 is 0 Å². The summed E-state index contributed by atoms with van der Waals surface area (Å²) in [6.45, 7) is 2.56. The average Bonchev–Trinajstić information content (AvgIpc) is 3.06. The van der Waals surface area contributed by atoms with E-state index in [0.717, 1.165) is 17.0 Å². The first-order valence-corrected chi connectivity index (χ1v) is 10.9. The van der Waals surface area contributed by atoms with Crippen LogP contribution in [0, 0.1) is 12.3 Å². The summed E-state index contributed by atoms with van der Waals surface area (Å²) in [6.07, 6.45) is 5.74. The van der Waals surface area contributed by atoms with Crippen LogP contribution in [-0.2, 0) is 11.2 Å². The van der Waals surface area contributed by atoms with Gasteiger partial charge >= 0.3 is 0 Å². The standard InChI is InChI=1S/C23H23ClN2O4S/c1-5-11-30-21-18(24)12-15(13-19(21)29-4)14-20-22(27)26(6-2)23(31-20)25-16-7-9-17(28-3)10-8-16/h1,7-10,12-13,20H,6,11,14H2,2-4H3/t20-/m1/s1. The van der Waals surface area contributed by atoms with Crippen molar-refractivity contribution in [1.82, 2.24) is 4.90 Å². The fraction of sp³-hybridized carbons (Fsp3) is 0.304. The van der Waals surface area contributed by atoms with Crippen molar-refractivity contribution >= 4 is 40.1 Å². The first kappa shape index (κ1) is 22.9. The molecule has 0 bridgehead atoms. The molecule has 0 aromatic heterocycles. The molecule has 8 heteroatoms. The number of ether oxygens (including phenoxy) is 3. The minimum absolute atomic E-state index is 0.0162. The third-order valence-corrected chi connectivity index (χ3v) is 6.10. The van der Waals surface area contributed by atoms with E-state index in [1.165, 1.54) is 18.9 Å². The number of amides is 1. The van der Waals surface area contributed by atoms with Crippen LogP contribution in [0.3, 0.4) is 0 Å². The zero-order valence-corrected chi connectivity index (χ0v) is 19.1. The van der Waals surface area contributed by atoms with Crippen molar-refractivity contribution in [2.45, 2.75) is 18.6 Å². The lowest BCUT2D eigenvalue weighted by atomic mass is 10.1. The largest absolute Gasteiger partial charge is 0.497 e. The number of methoxy groups -OCH3 is 2. The Kier molecular flexibility index (Phi) is 7.72. The summed E-state index contributed by atoms with van der Waals surface area (Å²) in [5.74, 6) is 4.05. The molecule has 0 aliphatic carbocycles. The van der Waals surface area contributed by atoms with Gasteiger partial charge in [-0.15, -0.1) is 6.42 Å². The average molecular weight is 459 g/mol. The summed E-state index contributed by atoms with van der Waals surface area (Å²) in [4.78, 5) is 19.3. The number of halogens is 1. The molecule has 3 rings (SSSR count). The van der Waals surface area contributed by atoms with E-state index in [4.69, 9.17) is 32.2 Å². The van der Waals surface area contributed by atoms with Gasteiger partial charge in [-0.1, -0.05) is 29.3 Å². The van der Waals surface area contributed by atoms with Crippen LogP contribution in [-0.4, -0.2) is 48.6 Å². The molecule has 0 unspecified atom stereocenters. The summed E-state index contributed by atoms with van der Waals surface area (Å²) in [7, 11) is 3.15. The number of carbonyl (C=O) groups is 1. The van der Waals surface area contributed by atoms with Crippen molar-refractivity contribution in [1.29, 1.82) is 0 Å². The van der Waals surface area contributed by atoms with Crippen LogP contribution >= 0.6 is 23.4 Å². The Morgan fingerprint density at radius 3 is 2.58 bits per heavy atom. The molecule has 1 aliphatic heterocycles. The van der Waals surface area contributed by atoms with Gasteiger partial charge in [0.1, 0.15) is 12.4 Å². The normalized spacial score (nSPS) is 17.0. The van der Waals surface area contributed by atoms with Gasteiger partial charge in [-0.2, -0.15) is 0 Å². The Morgan fingerprint density at radius 2 is 1.97 bits per heavy atom. The van der Waals surface area contributed by atoms with Crippen molar-refractivity contribution in [2.75, 3.05) is 27.4 Å². The predicted molar refractivity (Wildman–Crippen MR) is 125 cm³/mol. The second-order valence-corrected chi connectivity index (χ2v) is 8.16. The fourth-order valence-electron chi connectivity index (χ4n) is 3.14. The van der Waals surface area contributed by atoms with E-state index in [-0.39, 0.29) is 17.8 Å². The topological polar surface area (TPSA) is 60.4 Å². The fourth-order valence-corrected chi connectivity index (χ4v) is 4.69. The van der Waals surface area contributed by atoms with Crippen LogP contribution in [0.25, 0.3) is 0 Å². The molecule has 1 amide bonds. The van der Waals surface area contributed by atoms with Crippen LogP contribution in [0.1, 0.15) is 12.5 Å². The lowest BCUT2D eigenvalue weighted by molar-refractivity contribution is -0.126. The highest BCUT2D eigenvalue weighted by Gasteiger charge is 2.37. The number of terminal acetylenes is 1. The van der Waals surface area contributed by atoms with Crippen LogP contribution in [0.15, 0.2) is 41.4 Å². The Hall–Kier alpha value is -2.82. The Balaban J connectivity index is 1.82. The van der Waals surface area contributed by atoms with Gasteiger partial charge in [-0.05, 0) is 55.3 Å². The van der Waals surface area contributed by atoms with Crippen molar-refractivity contribution < 1.29 is 19.0 Å². The van der Waals surface area contributed by atoms with Gasteiger partial charge in [0.25, 0.3) is 0 Å². The molecule has 1 saturated heterocycles. The van der Waals surface area contributed by atoms with Crippen LogP contribution in [0.5, 0.6) is 17.2 Å².